The van der Waals surface area contributed by atoms with Crippen molar-refractivity contribution in [1.29, 1.82) is 0 Å². The van der Waals surface area contributed by atoms with Crippen molar-refractivity contribution in [3.05, 3.63) is 35.7 Å². The average Bonchev–Trinajstić information content (AvgIpc) is 2.40. The van der Waals surface area contributed by atoms with Crippen LogP contribution in [0.1, 0.15) is 17.7 Å². The number of benzene rings is 1. The molecule has 1 aromatic carbocycles. The van der Waals surface area contributed by atoms with Crippen molar-refractivity contribution in [3.8, 4) is 0 Å². The molecule has 20 heavy (non-hydrogen) atoms. The van der Waals surface area contributed by atoms with Crippen LogP contribution >= 0.6 is 11.8 Å². The fourth-order valence-corrected chi connectivity index (χ4v) is 2.96. The molecule has 6 heteroatoms. The quantitative estimate of drug-likeness (QED) is 0.654. The third-order valence-corrected chi connectivity index (χ3v) is 4.06. The fraction of sp³-hybridized carbons (Fsp3) is 0.214. The summed E-state index contributed by atoms with van der Waals surface area (Å²) in [5, 5.41) is 3.52. The van der Waals surface area contributed by atoms with Crippen LogP contribution in [0.4, 0.5) is 11.4 Å². The van der Waals surface area contributed by atoms with E-state index in [1.165, 1.54) is 11.8 Å². The molecule has 0 aliphatic carbocycles. The van der Waals surface area contributed by atoms with E-state index in [9.17, 15) is 4.79 Å². The first-order valence-corrected chi connectivity index (χ1v) is 7.13. The van der Waals surface area contributed by atoms with Crippen LogP contribution in [-0.2, 0) is 11.2 Å². The van der Waals surface area contributed by atoms with Gasteiger partial charge in [0, 0.05) is 34.6 Å². The first-order valence-electron chi connectivity index (χ1n) is 6.31. The Hall–Kier alpha value is -2.08. The standard InChI is InChI=1S/C14H14N4OS/c1-8-4-5-16-14(17-8)20-12-6-9-2-3-13(19)18-11(9)7-10(12)15/h4-7H,2-3,15H2,1H3,(H,18,19). The third kappa shape index (κ3) is 2.60. The molecule has 3 rings (SSSR count). The molecule has 1 amide bonds. The van der Waals surface area contributed by atoms with Crippen molar-refractivity contribution < 1.29 is 4.79 Å². The highest BCUT2D eigenvalue weighted by molar-refractivity contribution is 7.99. The van der Waals surface area contributed by atoms with E-state index >= 15 is 0 Å². The van der Waals surface area contributed by atoms with Crippen LogP contribution in [-0.4, -0.2) is 15.9 Å². The average molecular weight is 286 g/mol. The molecule has 0 radical (unpaired) electrons. The highest BCUT2D eigenvalue weighted by Gasteiger charge is 2.17. The van der Waals surface area contributed by atoms with Crippen molar-refractivity contribution >= 4 is 29.0 Å². The monoisotopic (exact) mass is 286 g/mol. The first-order chi connectivity index (χ1) is 9.61. The van der Waals surface area contributed by atoms with Gasteiger partial charge in [0.25, 0.3) is 0 Å². The number of amides is 1. The zero-order valence-electron chi connectivity index (χ0n) is 11.0. The highest BCUT2D eigenvalue weighted by atomic mass is 32.2. The number of fused-ring (bicyclic) bond motifs is 1. The van der Waals surface area contributed by atoms with Crippen LogP contribution in [0.5, 0.6) is 0 Å². The number of hydrogen-bond donors (Lipinski definition) is 2. The predicted octanol–water partition coefficient (Wildman–Crippen LogP) is 2.40. The number of rotatable bonds is 2. The molecule has 0 bridgehead atoms. The van der Waals surface area contributed by atoms with Gasteiger partial charge in [-0.05, 0) is 48.9 Å². The van der Waals surface area contributed by atoms with E-state index in [4.69, 9.17) is 5.73 Å². The SMILES string of the molecule is Cc1ccnc(Sc2cc3c(cc2N)NC(=O)CC3)n1. The second kappa shape index (κ2) is 5.13. The van der Waals surface area contributed by atoms with Gasteiger partial charge in [0.2, 0.25) is 5.91 Å². The number of aromatic nitrogens is 2. The van der Waals surface area contributed by atoms with Crippen molar-refractivity contribution in [1.82, 2.24) is 9.97 Å². The molecule has 5 nitrogen and oxygen atoms in total. The number of nitrogen functional groups attached to an aromatic ring is 1. The second-order valence-corrected chi connectivity index (χ2v) is 5.69. The zero-order valence-corrected chi connectivity index (χ0v) is 11.8. The Balaban J connectivity index is 1.92. The van der Waals surface area contributed by atoms with E-state index in [1.807, 2.05) is 25.1 Å². The van der Waals surface area contributed by atoms with E-state index in [-0.39, 0.29) is 5.91 Å². The van der Waals surface area contributed by atoms with Crippen molar-refractivity contribution in [2.75, 3.05) is 11.1 Å². The fourth-order valence-electron chi connectivity index (χ4n) is 2.08. The molecule has 2 heterocycles. The maximum absolute atomic E-state index is 11.4. The van der Waals surface area contributed by atoms with Gasteiger partial charge >= 0.3 is 0 Å². The summed E-state index contributed by atoms with van der Waals surface area (Å²) in [6.07, 6.45) is 2.99. The molecule has 1 aromatic heterocycles. The van der Waals surface area contributed by atoms with Gasteiger partial charge in [0.1, 0.15) is 0 Å². The van der Waals surface area contributed by atoms with Crippen LogP contribution in [0.3, 0.4) is 0 Å². The van der Waals surface area contributed by atoms with E-state index in [0.29, 0.717) is 17.3 Å². The Bertz CT molecular complexity index is 687. The molecule has 3 N–H and O–H groups in total. The molecule has 0 saturated heterocycles. The minimum absolute atomic E-state index is 0.0410. The lowest BCUT2D eigenvalue weighted by molar-refractivity contribution is -0.116. The number of nitrogens with two attached hydrogens (primary N) is 1. The number of anilines is 2. The summed E-state index contributed by atoms with van der Waals surface area (Å²) in [5.41, 5.74) is 9.52. The third-order valence-electron chi connectivity index (χ3n) is 3.11. The van der Waals surface area contributed by atoms with Gasteiger partial charge in [-0.3, -0.25) is 4.79 Å². The van der Waals surface area contributed by atoms with Crippen molar-refractivity contribution in [3.63, 3.8) is 0 Å². The summed E-state index contributed by atoms with van der Waals surface area (Å²) in [7, 11) is 0. The van der Waals surface area contributed by atoms with Gasteiger partial charge < -0.3 is 11.1 Å². The van der Waals surface area contributed by atoms with E-state index in [0.717, 1.165) is 28.3 Å². The highest BCUT2D eigenvalue weighted by Crippen LogP contribution is 2.35. The van der Waals surface area contributed by atoms with Crippen LogP contribution < -0.4 is 11.1 Å². The number of carbonyl (C=O) groups is 1. The first kappa shape index (κ1) is 12.9. The van der Waals surface area contributed by atoms with Crippen molar-refractivity contribution in [2.45, 2.75) is 29.8 Å². The molecule has 1 aliphatic heterocycles. The Kier molecular flexibility index (Phi) is 3.31. The summed E-state index contributed by atoms with van der Waals surface area (Å²) in [6.45, 7) is 1.93. The molecule has 0 saturated carbocycles. The summed E-state index contributed by atoms with van der Waals surface area (Å²) in [4.78, 5) is 20.9. The molecule has 2 aromatic rings. The number of nitrogens with one attached hydrogen (secondary N) is 1. The summed E-state index contributed by atoms with van der Waals surface area (Å²) >= 11 is 1.44. The summed E-state index contributed by atoms with van der Waals surface area (Å²) in [6, 6.07) is 5.68. The van der Waals surface area contributed by atoms with Crippen LogP contribution in [0.2, 0.25) is 0 Å². The molecule has 1 aliphatic rings. The summed E-state index contributed by atoms with van der Waals surface area (Å²) < 4.78 is 0. The van der Waals surface area contributed by atoms with Gasteiger partial charge in [0.05, 0.1) is 0 Å². The zero-order chi connectivity index (χ0) is 14.1. The molecule has 0 fully saturated rings. The normalized spacial score (nSPS) is 13.8. The smallest absolute Gasteiger partial charge is 0.224 e. The minimum Gasteiger partial charge on any atom is -0.398 e. The number of aryl methyl sites for hydroxylation is 2. The predicted molar refractivity (Wildman–Crippen MR) is 78.7 cm³/mol. The van der Waals surface area contributed by atoms with Gasteiger partial charge in [-0.1, -0.05) is 0 Å². The van der Waals surface area contributed by atoms with Crippen LogP contribution in [0, 0.1) is 6.92 Å². The molecule has 0 spiro atoms. The second-order valence-electron chi connectivity index (χ2n) is 4.68. The Labute approximate surface area is 121 Å². The maximum Gasteiger partial charge on any atom is 0.224 e. The van der Waals surface area contributed by atoms with Gasteiger partial charge in [-0.25, -0.2) is 9.97 Å². The number of nitrogens with zero attached hydrogens (tertiary/aromatic N) is 2. The van der Waals surface area contributed by atoms with Gasteiger partial charge in [-0.15, -0.1) is 0 Å². The molecular weight excluding hydrogens is 272 g/mol. The molecule has 0 unspecified atom stereocenters. The molecule has 0 atom stereocenters. The topological polar surface area (TPSA) is 80.9 Å². The van der Waals surface area contributed by atoms with Crippen molar-refractivity contribution in [2.24, 2.45) is 0 Å². The lowest BCUT2D eigenvalue weighted by atomic mass is 10.0. The van der Waals surface area contributed by atoms with Crippen LogP contribution in [0.15, 0.2) is 34.4 Å². The van der Waals surface area contributed by atoms with E-state index in [1.54, 1.807) is 6.20 Å². The minimum atomic E-state index is 0.0410. The van der Waals surface area contributed by atoms with Gasteiger partial charge in [0.15, 0.2) is 5.16 Å². The summed E-state index contributed by atoms with van der Waals surface area (Å²) in [5.74, 6) is 0.0410. The maximum atomic E-state index is 11.4. The Morgan fingerprint density at radius 2 is 2.20 bits per heavy atom. The van der Waals surface area contributed by atoms with Gasteiger partial charge in [-0.2, -0.15) is 0 Å². The lowest BCUT2D eigenvalue weighted by Gasteiger charge is -2.18. The Morgan fingerprint density at radius 3 is 3.00 bits per heavy atom. The van der Waals surface area contributed by atoms with E-state index < -0.39 is 0 Å². The molecule has 102 valence electrons. The number of carbonyl (C=O) groups excluding carboxylic acids is 1. The Morgan fingerprint density at radius 1 is 1.35 bits per heavy atom. The lowest BCUT2D eigenvalue weighted by Crippen LogP contribution is -2.19. The van der Waals surface area contributed by atoms with E-state index in [2.05, 4.69) is 15.3 Å². The molecular formula is C14H14N4OS. The largest absolute Gasteiger partial charge is 0.398 e. The van der Waals surface area contributed by atoms with Crippen LogP contribution in [0.25, 0.3) is 0 Å². The number of hydrogen-bond acceptors (Lipinski definition) is 5.